The maximum absolute atomic E-state index is 4.55. The van der Waals surface area contributed by atoms with Crippen LogP contribution in [0.1, 0.15) is 42.6 Å². The van der Waals surface area contributed by atoms with Crippen LogP contribution in [0.2, 0.25) is 0 Å². The number of fused-ring (bicyclic) bond motifs is 1. The number of benzene rings is 1. The number of likely N-dealkylation sites (tertiary alicyclic amines) is 1. The molecule has 0 saturated carbocycles. The Kier molecular flexibility index (Phi) is 5.02. The third-order valence-electron chi connectivity index (χ3n) is 5.87. The fraction of sp³-hybridized carbons (Fsp3) is 0.455. The van der Waals surface area contributed by atoms with Gasteiger partial charge >= 0.3 is 0 Å². The highest BCUT2D eigenvalue weighted by molar-refractivity contribution is 5.83. The van der Waals surface area contributed by atoms with E-state index in [9.17, 15) is 0 Å². The second-order valence-electron chi connectivity index (χ2n) is 7.51. The molecule has 4 heteroatoms. The first kappa shape index (κ1) is 17.2. The lowest BCUT2D eigenvalue weighted by Crippen LogP contribution is -2.39. The minimum absolute atomic E-state index is 0.650. The van der Waals surface area contributed by atoms with Gasteiger partial charge in [0.2, 0.25) is 0 Å². The smallest absolute Gasteiger partial charge is 0.105 e. The molecule has 136 valence electrons. The lowest BCUT2D eigenvalue weighted by atomic mass is 9.96. The number of pyridine rings is 1. The number of imidazole rings is 1. The van der Waals surface area contributed by atoms with Crippen molar-refractivity contribution in [3.8, 4) is 0 Å². The number of hydrogen-bond acceptors (Lipinski definition) is 3. The molecule has 1 saturated heterocycles. The lowest BCUT2D eigenvalue weighted by molar-refractivity contribution is 0.128. The zero-order valence-corrected chi connectivity index (χ0v) is 15.9. The molecule has 3 aromatic rings. The van der Waals surface area contributed by atoms with Crippen LogP contribution in [0.25, 0.3) is 10.9 Å². The summed E-state index contributed by atoms with van der Waals surface area (Å²) in [5.74, 6) is 1.11. The Morgan fingerprint density at radius 2 is 2.00 bits per heavy atom. The van der Waals surface area contributed by atoms with E-state index in [-0.39, 0.29) is 0 Å². The van der Waals surface area contributed by atoms with Gasteiger partial charge in [-0.15, -0.1) is 0 Å². The lowest BCUT2D eigenvalue weighted by Gasteiger charge is -2.36. The van der Waals surface area contributed by atoms with Crippen LogP contribution < -0.4 is 0 Å². The normalized spacial score (nSPS) is 18.5. The van der Waals surface area contributed by atoms with Gasteiger partial charge in [-0.05, 0) is 62.9 Å². The molecule has 0 aliphatic carbocycles. The van der Waals surface area contributed by atoms with E-state index in [1.54, 1.807) is 0 Å². The summed E-state index contributed by atoms with van der Waals surface area (Å²) in [4.78, 5) is 11.6. The van der Waals surface area contributed by atoms with Crippen LogP contribution >= 0.6 is 0 Å². The number of nitrogens with zero attached hydrogens (tertiary/aromatic N) is 4. The maximum atomic E-state index is 4.55. The van der Waals surface area contributed by atoms with Crippen molar-refractivity contribution >= 4 is 10.9 Å². The van der Waals surface area contributed by atoms with E-state index in [0.717, 1.165) is 24.4 Å². The predicted octanol–water partition coefficient (Wildman–Crippen LogP) is 4.49. The fourth-order valence-corrected chi connectivity index (χ4v) is 4.26. The molecule has 0 spiro atoms. The summed E-state index contributed by atoms with van der Waals surface area (Å²) in [6, 6.07) is 9.29. The Morgan fingerprint density at radius 1 is 1.08 bits per heavy atom. The fourth-order valence-electron chi connectivity index (χ4n) is 4.26. The van der Waals surface area contributed by atoms with Crippen LogP contribution in [0.15, 0.2) is 42.9 Å². The highest BCUT2D eigenvalue weighted by Gasteiger charge is 2.23. The van der Waals surface area contributed by atoms with Crippen molar-refractivity contribution in [1.82, 2.24) is 19.4 Å². The molecule has 3 heterocycles. The number of aryl methyl sites for hydroxylation is 3. The molecule has 0 amide bonds. The second-order valence-corrected chi connectivity index (χ2v) is 7.51. The van der Waals surface area contributed by atoms with Gasteiger partial charge in [-0.25, -0.2) is 4.98 Å². The molecule has 1 fully saturated rings. The molecule has 1 aromatic carbocycles. The Bertz CT molecular complexity index is 883. The third kappa shape index (κ3) is 3.51. The van der Waals surface area contributed by atoms with E-state index in [1.807, 2.05) is 12.4 Å². The average molecular weight is 348 g/mol. The van der Waals surface area contributed by atoms with Crippen molar-refractivity contribution in [3.05, 3.63) is 59.8 Å². The first-order valence-corrected chi connectivity index (χ1v) is 9.77. The van der Waals surface area contributed by atoms with Crippen molar-refractivity contribution in [2.45, 2.75) is 58.7 Å². The SMILES string of the molecule is Cc1ccc2ncccc2c1CN1CCCC[C@H]1CCn1ccnc1C. The van der Waals surface area contributed by atoms with Crippen LogP contribution in [0.4, 0.5) is 0 Å². The van der Waals surface area contributed by atoms with Crippen molar-refractivity contribution < 1.29 is 0 Å². The van der Waals surface area contributed by atoms with Gasteiger partial charge in [-0.1, -0.05) is 18.6 Å². The first-order valence-electron chi connectivity index (χ1n) is 9.77. The largest absolute Gasteiger partial charge is 0.335 e. The van der Waals surface area contributed by atoms with Crippen molar-refractivity contribution in [1.29, 1.82) is 0 Å². The van der Waals surface area contributed by atoms with Gasteiger partial charge in [-0.3, -0.25) is 9.88 Å². The van der Waals surface area contributed by atoms with Crippen molar-refractivity contribution in [3.63, 3.8) is 0 Å². The third-order valence-corrected chi connectivity index (χ3v) is 5.87. The van der Waals surface area contributed by atoms with Gasteiger partial charge in [0, 0.05) is 43.1 Å². The van der Waals surface area contributed by atoms with Gasteiger partial charge in [0.15, 0.2) is 0 Å². The van der Waals surface area contributed by atoms with E-state index in [4.69, 9.17) is 0 Å². The summed E-state index contributed by atoms with van der Waals surface area (Å²) in [6.07, 6.45) is 11.0. The van der Waals surface area contributed by atoms with E-state index in [2.05, 4.69) is 63.7 Å². The van der Waals surface area contributed by atoms with Gasteiger partial charge in [-0.2, -0.15) is 0 Å². The Hall–Kier alpha value is -2.20. The minimum atomic E-state index is 0.650. The molecule has 26 heavy (non-hydrogen) atoms. The van der Waals surface area contributed by atoms with Crippen molar-refractivity contribution in [2.75, 3.05) is 6.54 Å². The van der Waals surface area contributed by atoms with Crippen LogP contribution in [0, 0.1) is 13.8 Å². The van der Waals surface area contributed by atoms with Gasteiger partial charge in [0.25, 0.3) is 0 Å². The Labute approximate surface area is 155 Å². The maximum Gasteiger partial charge on any atom is 0.105 e. The van der Waals surface area contributed by atoms with Crippen LogP contribution in [-0.2, 0) is 13.1 Å². The molecule has 1 aliphatic rings. The summed E-state index contributed by atoms with van der Waals surface area (Å²) in [5, 5.41) is 1.31. The van der Waals surface area contributed by atoms with Crippen LogP contribution in [0.3, 0.4) is 0 Å². The molecular formula is C22H28N4. The highest BCUT2D eigenvalue weighted by Crippen LogP contribution is 2.27. The molecule has 1 aliphatic heterocycles. The van der Waals surface area contributed by atoms with E-state index < -0.39 is 0 Å². The van der Waals surface area contributed by atoms with E-state index >= 15 is 0 Å². The van der Waals surface area contributed by atoms with Crippen molar-refractivity contribution in [2.24, 2.45) is 0 Å². The Morgan fingerprint density at radius 3 is 2.85 bits per heavy atom. The van der Waals surface area contributed by atoms with Gasteiger partial charge in [0.1, 0.15) is 5.82 Å². The number of aromatic nitrogens is 3. The zero-order valence-electron chi connectivity index (χ0n) is 15.9. The number of hydrogen-bond donors (Lipinski definition) is 0. The number of rotatable bonds is 5. The molecule has 0 N–H and O–H groups in total. The predicted molar refractivity (Wildman–Crippen MR) is 106 cm³/mol. The van der Waals surface area contributed by atoms with E-state index in [1.165, 1.54) is 48.7 Å². The summed E-state index contributed by atoms with van der Waals surface area (Å²) >= 11 is 0. The van der Waals surface area contributed by atoms with Crippen LogP contribution in [-0.4, -0.2) is 32.0 Å². The summed E-state index contributed by atoms with van der Waals surface area (Å²) < 4.78 is 2.28. The standard InChI is InChI=1S/C22H28N4/c1-17-8-9-22-20(7-5-11-24-22)21(17)16-26-13-4-3-6-19(26)10-14-25-15-12-23-18(25)2/h5,7-9,11-12,15,19H,3-4,6,10,13-14,16H2,1-2H3/t19-/m0/s1. The summed E-state index contributed by atoms with van der Waals surface area (Å²) in [5.41, 5.74) is 3.93. The van der Waals surface area contributed by atoms with Gasteiger partial charge in [0.05, 0.1) is 5.52 Å². The highest BCUT2D eigenvalue weighted by atomic mass is 15.2. The zero-order chi connectivity index (χ0) is 17.9. The molecule has 0 unspecified atom stereocenters. The molecular weight excluding hydrogens is 320 g/mol. The summed E-state index contributed by atoms with van der Waals surface area (Å²) in [6.45, 7) is 7.61. The molecule has 4 nitrogen and oxygen atoms in total. The number of piperidine rings is 1. The average Bonchev–Trinajstić information content (AvgIpc) is 3.08. The second kappa shape index (κ2) is 7.58. The first-order chi connectivity index (χ1) is 12.7. The summed E-state index contributed by atoms with van der Waals surface area (Å²) in [7, 11) is 0. The molecule has 2 aromatic heterocycles. The topological polar surface area (TPSA) is 34.0 Å². The minimum Gasteiger partial charge on any atom is -0.335 e. The quantitative estimate of drug-likeness (QED) is 0.681. The molecule has 0 radical (unpaired) electrons. The molecule has 4 rings (SSSR count). The Balaban J connectivity index is 1.54. The molecule has 1 atom stereocenters. The van der Waals surface area contributed by atoms with Gasteiger partial charge < -0.3 is 4.57 Å². The molecule has 0 bridgehead atoms. The van der Waals surface area contributed by atoms with Crippen LogP contribution in [0.5, 0.6) is 0 Å². The van der Waals surface area contributed by atoms with E-state index in [0.29, 0.717) is 6.04 Å². The monoisotopic (exact) mass is 348 g/mol.